The van der Waals surface area contributed by atoms with Crippen LogP contribution in [0.1, 0.15) is 87.1 Å². The Hall–Kier alpha value is -2.60. The smallest absolute Gasteiger partial charge is 0.00827 e. The first kappa shape index (κ1) is 26.0. The molecule has 3 aliphatic carbocycles. The summed E-state index contributed by atoms with van der Waals surface area (Å²) < 4.78 is 0. The number of aryl methyl sites for hydroxylation is 2. The van der Waals surface area contributed by atoms with E-state index in [2.05, 4.69) is 96.3 Å². The van der Waals surface area contributed by atoms with E-state index in [0.29, 0.717) is 17.3 Å². The Morgan fingerprint density at radius 1 is 0.946 bits per heavy atom. The fourth-order valence-corrected chi connectivity index (χ4v) is 7.19. The van der Waals surface area contributed by atoms with E-state index in [1.54, 1.807) is 5.56 Å². The zero-order chi connectivity index (χ0) is 26.3. The van der Waals surface area contributed by atoms with Crippen LogP contribution in [0.15, 0.2) is 72.4 Å². The van der Waals surface area contributed by atoms with Crippen LogP contribution in [0.3, 0.4) is 0 Å². The molecule has 0 radical (unpaired) electrons. The highest BCUT2D eigenvalue weighted by atomic mass is 14.3. The normalized spacial score (nSPS) is 22.0. The maximum atomic E-state index is 4.61. The van der Waals surface area contributed by atoms with E-state index in [4.69, 9.17) is 0 Å². The molecule has 2 aromatic rings. The first-order valence-electron chi connectivity index (χ1n) is 14.6. The van der Waals surface area contributed by atoms with Crippen LogP contribution in [0, 0.1) is 37.0 Å². The van der Waals surface area contributed by atoms with Crippen molar-refractivity contribution in [3.05, 3.63) is 100 Å². The van der Waals surface area contributed by atoms with Crippen molar-refractivity contribution >= 4 is 6.08 Å². The van der Waals surface area contributed by atoms with Crippen LogP contribution >= 0.6 is 0 Å². The SMILES string of the molecule is C=C1C=CC(CC(C)(C)C)C(=C)C1CC1=Cc2cccc(-c3cc(C)cc(C)c3CC3CCCC3)c2C1. The molecule has 1 saturated carbocycles. The zero-order valence-corrected chi connectivity index (χ0v) is 23.9. The number of benzene rings is 2. The van der Waals surface area contributed by atoms with Gasteiger partial charge in [0, 0.05) is 5.92 Å². The summed E-state index contributed by atoms with van der Waals surface area (Å²) in [5.41, 5.74) is 14.7. The van der Waals surface area contributed by atoms with Crippen molar-refractivity contribution in [2.24, 2.45) is 23.2 Å². The van der Waals surface area contributed by atoms with Gasteiger partial charge in [-0.2, -0.15) is 0 Å². The minimum Gasteiger partial charge on any atom is -0.0986 e. The Labute approximate surface area is 226 Å². The first-order valence-corrected chi connectivity index (χ1v) is 14.6. The molecule has 2 unspecified atom stereocenters. The van der Waals surface area contributed by atoms with E-state index in [1.807, 2.05) is 0 Å². The zero-order valence-electron chi connectivity index (χ0n) is 23.9. The van der Waals surface area contributed by atoms with Gasteiger partial charge in [0.25, 0.3) is 0 Å². The Bertz CT molecular complexity index is 1270. The molecule has 0 spiro atoms. The molecule has 0 saturated heterocycles. The van der Waals surface area contributed by atoms with Gasteiger partial charge in [0.15, 0.2) is 0 Å². The maximum Gasteiger partial charge on any atom is 0.00827 e. The molecular formula is C37H46. The summed E-state index contributed by atoms with van der Waals surface area (Å²) in [5, 5.41) is 0. The van der Waals surface area contributed by atoms with Gasteiger partial charge in [-0.05, 0) is 95.7 Å². The number of hydrogen-bond acceptors (Lipinski definition) is 0. The second-order valence-corrected chi connectivity index (χ2v) is 13.5. The second kappa shape index (κ2) is 10.3. The number of hydrogen-bond donors (Lipinski definition) is 0. The lowest BCUT2D eigenvalue weighted by Crippen LogP contribution is -2.21. The summed E-state index contributed by atoms with van der Waals surface area (Å²) in [7, 11) is 0. The minimum absolute atomic E-state index is 0.293. The standard InChI is InChI=1S/C37H46/c1-24-17-26(3)34(20-28-11-8-9-12-28)36(18-24)32-14-10-13-30-19-29(22-35(30)32)21-33-25(2)15-16-31(27(33)4)23-37(5,6)7/h10,13-19,28,31,33H,2,4,8-9,11-12,20-23H2,1,3,5-7H3. The highest BCUT2D eigenvalue weighted by Gasteiger charge is 2.30. The lowest BCUT2D eigenvalue weighted by molar-refractivity contribution is 0.334. The molecule has 2 aromatic carbocycles. The number of rotatable bonds is 6. The molecule has 0 aromatic heterocycles. The average molecular weight is 491 g/mol. The van der Waals surface area contributed by atoms with Crippen LogP contribution in [0.2, 0.25) is 0 Å². The maximum absolute atomic E-state index is 4.61. The largest absolute Gasteiger partial charge is 0.0986 e. The molecule has 2 atom stereocenters. The van der Waals surface area contributed by atoms with Crippen molar-refractivity contribution in [1.29, 1.82) is 0 Å². The number of allylic oxidation sites excluding steroid dienone is 5. The van der Waals surface area contributed by atoms with Crippen molar-refractivity contribution in [2.45, 2.75) is 86.0 Å². The lowest BCUT2D eigenvalue weighted by Gasteiger charge is -2.33. The van der Waals surface area contributed by atoms with Gasteiger partial charge in [-0.3, -0.25) is 0 Å². The fourth-order valence-electron chi connectivity index (χ4n) is 7.19. The monoisotopic (exact) mass is 490 g/mol. The minimum atomic E-state index is 0.293. The molecule has 0 nitrogen and oxygen atoms in total. The number of fused-ring (bicyclic) bond motifs is 1. The summed E-state index contributed by atoms with van der Waals surface area (Å²) in [4.78, 5) is 0. The molecule has 0 bridgehead atoms. The van der Waals surface area contributed by atoms with Crippen LogP contribution in [0.25, 0.3) is 17.2 Å². The Kier molecular flexibility index (Phi) is 7.23. The highest BCUT2D eigenvalue weighted by molar-refractivity contribution is 5.80. The highest BCUT2D eigenvalue weighted by Crippen LogP contribution is 2.44. The predicted octanol–water partition coefficient (Wildman–Crippen LogP) is 10.4. The van der Waals surface area contributed by atoms with E-state index >= 15 is 0 Å². The van der Waals surface area contributed by atoms with E-state index < -0.39 is 0 Å². The second-order valence-electron chi connectivity index (χ2n) is 13.5. The Morgan fingerprint density at radius 2 is 1.70 bits per heavy atom. The van der Waals surface area contributed by atoms with Crippen molar-refractivity contribution in [3.8, 4) is 11.1 Å². The summed E-state index contributed by atoms with van der Waals surface area (Å²) in [6.45, 7) is 20.6. The van der Waals surface area contributed by atoms with Crippen molar-refractivity contribution < 1.29 is 0 Å². The Morgan fingerprint density at radius 3 is 2.43 bits per heavy atom. The van der Waals surface area contributed by atoms with Gasteiger partial charge in [0.2, 0.25) is 0 Å². The van der Waals surface area contributed by atoms with Crippen molar-refractivity contribution in [2.75, 3.05) is 0 Å². The molecular weight excluding hydrogens is 444 g/mol. The van der Waals surface area contributed by atoms with Gasteiger partial charge >= 0.3 is 0 Å². The van der Waals surface area contributed by atoms with Crippen LogP contribution in [0.4, 0.5) is 0 Å². The quantitative estimate of drug-likeness (QED) is 0.353. The first-order chi connectivity index (χ1) is 17.6. The third kappa shape index (κ3) is 5.64. The van der Waals surface area contributed by atoms with Crippen LogP contribution in [0.5, 0.6) is 0 Å². The molecule has 194 valence electrons. The van der Waals surface area contributed by atoms with Gasteiger partial charge in [-0.1, -0.05) is 125 Å². The van der Waals surface area contributed by atoms with Gasteiger partial charge in [-0.15, -0.1) is 0 Å². The van der Waals surface area contributed by atoms with Gasteiger partial charge in [0.05, 0.1) is 0 Å². The van der Waals surface area contributed by atoms with E-state index in [-0.39, 0.29) is 0 Å². The van der Waals surface area contributed by atoms with E-state index in [0.717, 1.165) is 25.2 Å². The lowest BCUT2D eigenvalue weighted by atomic mass is 9.71. The van der Waals surface area contributed by atoms with Gasteiger partial charge in [-0.25, -0.2) is 0 Å². The third-order valence-corrected chi connectivity index (χ3v) is 9.06. The molecule has 37 heavy (non-hydrogen) atoms. The average Bonchev–Trinajstić information content (AvgIpc) is 3.48. The topological polar surface area (TPSA) is 0 Å². The van der Waals surface area contributed by atoms with Gasteiger partial charge < -0.3 is 0 Å². The summed E-state index contributed by atoms with van der Waals surface area (Å²) >= 11 is 0. The molecule has 0 N–H and O–H groups in total. The van der Waals surface area contributed by atoms with Crippen molar-refractivity contribution in [3.63, 3.8) is 0 Å². The third-order valence-electron chi connectivity index (χ3n) is 9.06. The van der Waals surface area contributed by atoms with Crippen LogP contribution < -0.4 is 0 Å². The molecule has 1 fully saturated rings. The molecule has 0 aliphatic heterocycles. The molecule has 5 rings (SSSR count). The fraction of sp³-hybridized carbons (Fsp3) is 0.459. The van der Waals surface area contributed by atoms with Crippen molar-refractivity contribution in [1.82, 2.24) is 0 Å². The summed E-state index contributed by atoms with van der Waals surface area (Å²) in [6.07, 6.45) is 17.1. The molecule has 0 amide bonds. The molecule has 0 heterocycles. The van der Waals surface area contributed by atoms with E-state index in [1.165, 1.54) is 82.2 Å². The van der Waals surface area contributed by atoms with Crippen LogP contribution in [-0.2, 0) is 12.8 Å². The predicted molar refractivity (Wildman–Crippen MR) is 162 cm³/mol. The molecule has 3 aliphatic rings. The summed E-state index contributed by atoms with van der Waals surface area (Å²) in [6, 6.07) is 11.8. The Balaban J connectivity index is 1.41. The van der Waals surface area contributed by atoms with Gasteiger partial charge in [0.1, 0.15) is 0 Å². The summed E-state index contributed by atoms with van der Waals surface area (Å²) in [5.74, 6) is 1.65. The van der Waals surface area contributed by atoms with E-state index in [9.17, 15) is 0 Å². The molecule has 0 heteroatoms. The van der Waals surface area contributed by atoms with Crippen LogP contribution in [-0.4, -0.2) is 0 Å².